The van der Waals surface area contributed by atoms with E-state index in [9.17, 15) is 18.7 Å². The number of rotatable bonds is 5. The Labute approximate surface area is 187 Å². The Morgan fingerprint density at radius 3 is 2.40 bits per heavy atom. The zero-order valence-corrected chi connectivity index (χ0v) is 20.5. The van der Waals surface area contributed by atoms with Crippen LogP contribution in [0.25, 0.3) is 0 Å². The Balaban J connectivity index is 1.53. The SMILES string of the molecule is C[C@H](CC(C(=O)O)S(=O)(O)=S)[C@H]1CC[C@H]2[C@@H]3CCC4CCCC[C@]4(C)[C@H]3CC[C@]12C. The first-order valence-corrected chi connectivity index (χ1v) is 14.7. The first kappa shape index (κ1) is 23.0. The van der Waals surface area contributed by atoms with Gasteiger partial charge in [-0.05, 0) is 104 Å². The van der Waals surface area contributed by atoms with Gasteiger partial charge in [0.15, 0.2) is 14.0 Å². The molecule has 4 rings (SSSR count). The normalized spacial score (nSPS) is 47.3. The maximum atomic E-state index is 12.0. The van der Waals surface area contributed by atoms with Crippen molar-refractivity contribution in [1.82, 2.24) is 0 Å². The maximum Gasteiger partial charge on any atom is 0.321 e. The molecule has 10 atom stereocenters. The Morgan fingerprint density at radius 1 is 1.03 bits per heavy atom. The third-order valence-corrected chi connectivity index (χ3v) is 12.4. The van der Waals surface area contributed by atoms with E-state index in [-0.39, 0.29) is 17.8 Å². The summed E-state index contributed by atoms with van der Waals surface area (Å²) in [6.45, 7) is 7.15. The number of carbonyl (C=O) groups is 1. The van der Waals surface area contributed by atoms with Gasteiger partial charge in [-0.3, -0.25) is 4.79 Å². The minimum atomic E-state index is -3.74. The van der Waals surface area contributed by atoms with Gasteiger partial charge in [-0.1, -0.05) is 33.6 Å². The molecule has 0 aromatic rings. The molecule has 0 bridgehead atoms. The van der Waals surface area contributed by atoms with E-state index >= 15 is 0 Å². The van der Waals surface area contributed by atoms with Crippen molar-refractivity contribution in [3.63, 3.8) is 0 Å². The molecule has 172 valence electrons. The monoisotopic (exact) mass is 456 g/mol. The average Bonchev–Trinajstić information content (AvgIpc) is 3.01. The van der Waals surface area contributed by atoms with Gasteiger partial charge in [-0.15, -0.1) is 0 Å². The van der Waals surface area contributed by atoms with Gasteiger partial charge < -0.3 is 9.66 Å². The van der Waals surface area contributed by atoms with Crippen LogP contribution in [0.15, 0.2) is 0 Å². The van der Waals surface area contributed by atoms with Gasteiger partial charge in [0.2, 0.25) is 0 Å². The fourth-order valence-electron chi connectivity index (χ4n) is 9.12. The number of carboxylic acid groups (broad SMARTS) is 1. The molecule has 4 nitrogen and oxygen atoms in total. The molecule has 4 aliphatic rings. The summed E-state index contributed by atoms with van der Waals surface area (Å²) in [7, 11) is -3.74. The van der Waals surface area contributed by atoms with Crippen LogP contribution in [0.4, 0.5) is 0 Å². The first-order chi connectivity index (χ1) is 14.0. The van der Waals surface area contributed by atoms with Gasteiger partial charge in [-0.2, -0.15) is 0 Å². The van der Waals surface area contributed by atoms with Crippen LogP contribution >= 0.6 is 0 Å². The highest BCUT2D eigenvalue weighted by Crippen LogP contribution is 2.68. The molecule has 0 heterocycles. The highest BCUT2D eigenvalue weighted by atomic mass is 32.8. The van der Waals surface area contributed by atoms with Crippen molar-refractivity contribution in [3.05, 3.63) is 0 Å². The fraction of sp³-hybridized carbons (Fsp3) is 0.958. The van der Waals surface area contributed by atoms with Crippen LogP contribution in [0.5, 0.6) is 0 Å². The van der Waals surface area contributed by atoms with Gasteiger partial charge in [0.05, 0.1) is 0 Å². The second kappa shape index (κ2) is 7.98. The fourth-order valence-corrected chi connectivity index (χ4v) is 10.4. The van der Waals surface area contributed by atoms with E-state index in [4.69, 9.17) is 0 Å². The topological polar surface area (TPSA) is 74.6 Å². The number of fused-ring (bicyclic) bond motifs is 5. The molecule has 2 N–H and O–H groups in total. The molecule has 0 aliphatic heterocycles. The van der Waals surface area contributed by atoms with Crippen LogP contribution < -0.4 is 0 Å². The predicted octanol–water partition coefficient (Wildman–Crippen LogP) is 5.73. The summed E-state index contributed by atoms with van der Waals surface area (Å²) in [5.74, 6) is 2.64. The standard InChI is InChI=1S/C24H40O4S2/c1-15(14-21(22(25)26)30(27,28)29)18-9-10-19-17-8-7-16-6-4-5-12-23(16,2)20(17)11-13-24(18,19)3/h15-21H,4-14H2,1-3H3,(H,25,26)(H,27,28,29)/t15-,16?,17+,18-,19+,20+,21?,23+,24-/m1/s1. The zero-order valence-electron chi connectivity index (χ0n) is 18.8. The molecule has 4 fully saturated rings. The van der Waals surface area contributed by atoms with Gasteiger partial charge in [0.1, 0.15) is 0 Å². The minimum absolute atomic E-state index is 0.107. The van der Waals surface area contributed by atoms with Crippen molar-refractivity contribution in [3.8, 4) is 0 Å². The maximum absolute atomic E-state index is 12.0. The lowest BCUT2D eigenvalue weighted by Crippen LogP contribution is -2.53. The van der Waals surface area contributed by atoms with Crippen molar-refractivity contribution in [2.24, 2.45) is 46.3 Å². The zero-order chi connectivity index (χ0) is 21.9. The van der Waals surface area contributed by atoms with Crippen LogP contribution in [-0.2, 0) is 24.8 Å². The van der Waals surface area contributed by atoms with Crippen molar-refractivity contribution in [2.45, 2.75) is 96.7 Å². The van der Waals surface area contributed by atoms with E-state index in [1.165, 1.54) is 57.8 Å². The van der Waals surface area contributed by atoms with E-state index in [0.29, 0.717) is 11.3 Å². The Hall–Kier alpha value is -0.200. The molecular weight excluding hydrogens is 416 g/mol. The summed E-state index contributed by atoms with van der Waals surface area (Å²) < 4.78 is 21.8. The average molecular weight is 457 g/mol. The Kier molecular flexibility index (Phi) is 6.11. The summed E-state index contributed by atoms with van der Waals surface area (Å²) in [4.78, 5) is 11.6. The van der Waals surface area contributed by atoms with Crippen LogP contribution in [0.3, 0.4) is 0 Å². The molecule has 4 aliphatic carbocycles. The highest BCUT2D eigenvalue weighted by Gasteiger charge is 2.60. The molecule has 0 aromatic heterocycles. The molecule has 0 saturated heterocycles. The van der Waals surface area contributed by atoms with E-state index in [0.717, 1.165) is 30.1 Å². The van der Waals surface area contributed by atoms with Crippen molar-refractivity contribution >= 4 is 25.9 Å². The Morgan fingerprint density at radius 2 is 1.73 bits per heavy atom. The molecule has 0 aromatic carbocycles. The quantitative estimate of drug-likeness (QED) is 0.552. The second-order valence-corrected chi connectivity index (χ2v) is 14.7. The van der Waals surface area contributed by atoms with E-state index in [1.54, 1.807) is 0 Å². The summed E-state index contributed by atoms with van der Waals surface area (Å²) >= 11 is 4.66. The van der Waals surface area contributed by atoms with Crippen molar-refractivity contribution in [2.75, 3.05) is 0 Å². The molecule has 0 amide bonds. The van der Waals surface area contributed by atoms with Gasteiger partial charge in [0, 0.05) is 11.2 Å². The summed E-state index contributed by atoms with van der Waals surface area (Å²) in [6.07, 6.45) is 13.6. The molecule has 6 heteroatoms. The van der Waals surface area contributed by atoms with Gasteiger partial charge in [0.25, 0.3) is 0 Å². The largest absolute Gasteiger partial charge is 0.480 e. The third-order valence-electron chi connectivity index (χ3n) is 10.6. The summed E-state index contributed by atoms with van der Waals surface area (Å²) in [5, 5.41) is 8.15. The third kappa shape index (κ3) is 3.67. The number of carboxylic acids is 1. The highest BCUT2D eigenvalue weighted by molar-refractivity contribution is 8.30. The summed E-state index contributed by atoms with van der Waals surface area (Å²) in [6, 6.07) is 0. The lowest BCUT2D eigenvalue weighted by molar-refractivity contribution is -0.137. The molecule has 30 heavy (non-hydrogen) atoms. The van der Waals surface area contributed by atoms with Gasteiger partial charge in [-0.25, -0.2) is 4.21 Å². The van der Waals surface area contributed by atoms with Crippen LogP contribution in [-0.4, -0.2) is 25.1 Å². The van der Waals surface area contributed by atoms with E-state index in [2.05, 4.69) is 32.0 Å². The summed E-state index contributed by atoms with van der Waals surface area (Å²) in [5.41, 5.74) is 0.768. The number of hydrogen-bond donors (Lipinski definition) is 2. The molecule has 4 saturated carbocycles. The lowest BCUT2D eigenvalue weighted by Gasteiger charge is -2.61. The lowest BCUT2D eigenvalue weighted by atomic mass is 9.44. The van der Waals surface area contributed by atoms with Gasteiger partial charge >= 0.3 is 5.97 Å². The van der Waals surface area contributed by atoms with Crippen LogP contribution in [0.2, 0.25) is 0 Å². The van der Waals surface area contributed by atoms with Crippen LogP contribution in [0, 0.1) is 46.3 Å². The molecule has 3 unspecified atom stereocenters. The Bertz CT molecular complexity index is 780. The van der Waals surface area contributed by atoms with E-state index in [1.807, 2.05) is 0 Å². The van der Waals surface area contributed by atoms with Crippen molar-refractivity contribution in [1.29, 1.82) is 0 Å². The number of hydrogen-bond acceptors (Lipinski definition) is 3. The van der Waals surface area contributed by atoms with E-state index < -0.39 is 20.0 Å². The van der Waals surface area contributed by atoms with Crippen LogP contribution in [0.1, 0.15) is 91.4 Å². The molecule has 0 spiro atoms. The second-order valence-electron chi connectivity index (χ2n) is 11.7. The van der Waals surface area contributed by atoms with Crippen molar-refractivity contribution < 1.29 is 18.7 Å². The molecule has 0 radical (unpaired) electrons. The predicted molar refractivity (Wildman–Crippen MR) is 123 cm³/mol. The smallest absolute Gasteiger partial charge is 0.321 e. The number of aliphatic carboxylic acids is 1. The first-order valence-electron chi connectivity index (χ1n) is 12.2. The molecular formula is C24H40O4S2. The minimum Gasteiger partial charge on any atom is -0.480 e.